The Morgan fingerprint density at radius 3 is 2.56 bits per heavy atom. The first kappa shape index (κ1) is 13.8. The summed E-state index contributed by atoms with van der Waals surface area (Å²) in [7, 11) is -3.72. The zero-order valence-corrected chi connectivity index (χ0v) is 10.8. The monoisotopic (exact) mass is 267 g/mol. The second kappa shape index (κ2) is 5.88. The quantitative estimate of drug-likeness (QED) is 0.759. The van der Waals surface area contributed by atoms with E-state index in [0.717, 1.165) is 24.3 Å². The Morgan fingerprint density at radius 1 is 1.50 bits per heavy atom. The van der Waals surface area contributed by atoms with E-state index in [-0.39, 0.29) is 0 Å². The van der Waals surface area contributed by atoms with E-state index in [1.54, 1.807) is 0 Å². The summed E-state index contributed by atoms with van der Waals surface area (Å²) in [6.45, 7) is 1.54. The predicted molar refractivity (Wildman–Crippen MR) is 64.1 cm³/mol. The number of rotatable bonds is 5. The molecule has 1 unspecified atom stereocenters. The molecule has 0 amide bonds. The summed E-state index contributed by atoms with van der Waals surface area (Å²) in [6.07, 6.45) is 1.99. The maximum Gasteiger partial charge on any atom is 0.323 e. The summed E-state index contributed by atoms with van der Waals surface area (Å²) >= 11 is 1.87. The van der Waals surface area contributed by atoms with Crippen LogP contribution in [0.2, 0.25) is 0 Å². The van der Waals surface area contributed by atoms with Gasteiger partial charge in [0, 0.05) is 6.54 Å². The summed E-state index contributed by atoms with van der Waals surface area (Å²) in [5, 5.41) is 7.25. The van der Waals surface area contributed by atoms with Crippen molar-refractivity contribution < 1.29 is 18.3 Å². The Kier molecular flexibility index (Phi) is 5.07. The van der Waals surface area contributed by atoms with Crippen molar-refractivity contribution in [3.8, 4) is 0 Å². The molecular formula is C9H17NO4S2. The van der Waals surface area contributed by atoms with Crippen LogP contribution in [0, 0.1) is 5.92 Å². The van der Waals surface area contributed by atoms with Crippen molar-refractivity contribution in [2.24, 2.45) is 5.92 Å². The largest absolute Gasteiger partial charge is 0.480 e. The first-order valence-corrected chi connectivity index (χ1v) is 7.92. The number of carboxylic acid groups (broad SMARTS) is 1. The second-order valence-corrected chi connectivity index (χ2v) is 7.24. The molecule has 0 aliphatic carbocycles. The smallest absolute Gasteiger partial charge is 0.323 e. The van der Waals surface area contributed by atoms with Gasteiger partial charge in [-0.05, 0) is 37.2 Å². The minimum Gasteiger partial charge on any atom is -0.480 e. The molecule has 5 nitrogen and oxygen atoms in total. The second-order valence-electron chi connectivity index (χ2n) is 3.93. The van der Waals surface area contributed by atoms with E-state index >= 15 is 0 Å². The van der Waals surface area contributed by atoms with E-state index in [9.17, 15) is 13.2 Å². The molecule has 1 rings (SSSR count). The topological polar surface area (TPSA) is 83.5 Å². The molecule has 0 aromatic heterocycles. The molecule has 0 bridgehead atoms. The fraction of sp³-hybridized carbons (Fsp3) is 0.889. The van der Waals surface area contributed by atoms with Gasteiger partial charge < -0.3 is 5.11 Å². The molecule has 1 heterocycles. The first-order valence-electron chi connectivity index (χ1n) is 5.22. The summed E-state index contributed by atoms with van der Waals surface area (Å²) in [6, 6.07) is 0. The molecule has 2 N–H and O–H groups in total. The van der Waals surface area contributed by atoms with Crippen LogP contribution < -0.4 is 4.72 Å². The third-order valence-electron chi connectivity index (χ3n) is 2.73. The first-order chi connectivity index (χ1) is 7.43. The maximum absolute atomic E-state index is 11.5. The lowest BCUT2D eigenvalue weighted by molar-refractivity contribution is -0.136. The molecule has 1 aliphatic heterocycles. The van der Waals surface area contributed by atoms with Gasteiger partial charge in [-0.1, -0.05) is 0 Å². The molecule has 0 aromatic carbocycles. The van der Waals surface area contributed by atoms with Gasteiger partial charge in [0.15, 0.2) is 5.25 Å². The zero-order valence-electron chi connectivity index (χ0n) is 9.18. The fourth-order valence-corrected chi connectivity index (χ4v) is 3.63. The average molecular weight is 267 g/mol. The Labute approximate surface area is 100 Å². The van der Waals surface area contributed by atoms with Gasteiger partial charge in [0.2, 0.25) is 10.0 Å². The third-order valence-corrected chi connectivity index (χ3v) is 5.48. The van der Waals surface area contributed by atoms with Crippen molar-refractivity contribution in [3.63, 3.8) is 0 Å². The van der Waals surface area contributed by atoms with Crippen LogP contribution in [0.15, 0.2) is 0 Å². The highest BCUT2D eigenvalue weighted by Crippen LogP contribution is 2.22. The van der Waals surface area contributed by atoms with Gasteiger partial charge in [-0.15, -0.1) is 0 Å². The van der Waals surface area contributed by atoms with E-state index in [1.165, 1.54) is 6.92 Å². The highest BCUT2D eigenvalue weighted by Gasteiger charge is 2.28. The minimum atomic E-state index is -3.72. The van der Waals surface area contributed by atoms with Crippen LogP contribution >= 0.6 is 11.8 Å². The van der Waals surface area contributed by atoms with Crippen LogP contribution in [0.3, 0.4) is 0 Å². The number of nitrogens with one attached hydrogen (secondary N) is 1. The maximum atomic E-state index is 11.5. The van der Waals surface area contributed by atoms with Crippen molar-refractivity contribution in [1.82, 2.24) is 4.72 Å². The molecule has 1 atom stereocenters. The average Bonchev–Trinajstić information content (AvgIpc) is 2.27. The predicted octanol–water partition coefficient (Wildman–Crippen LogP) is 0.522. The molecular weight excluding hydrogens is 250 g/mol. The number of carbonyl (C=O) groups is 1. The highest BCUT2D eigenvalue weighted by molar-refractivity contribution is 7.99. The van der Waals surface area contributed by atoms with Crippen molar-refractivity contribution in [2.45, 2.75) is 25.0 Å². The summed E-state index contributed by atoms with van der Waals surface area (Å²) in [5.74, 6) is 1.14. The number of aliphatic carboxylic acids is 1. The molecule has 0 spiro atoms. The molecule has 1 fully saturated rings. The summed E-state index contributed by atoms with van der Waals surface area (Å²) in [4.78, 5) is 10.6. The lowest BCUT2D eigenvalue weighted by Crippen LogP contribution is -2.40. The van der Waals surface area contributed by atoms with E-state index in [4.69, 9.17) is 5.11 Å². The standard InChI is InChI=1S/C9H17NO4S2/c1-7(9(11)12)16(13,14)10-6-8-2-4-15-5-3-8/h7-8,10H,2-6H2,1H3,(H,11,12). The molecule has 1 saturated heterocycles. The molecule has 0 aromatic rings. The van der Waals surface area contributed by atoms with Gasteiger partial charge in [-0.25, -0.2) is 13.1 Å². The summed E-state index contributed by atoms with van der Waals surface area (Å²) in [5.41, 5.74) is 0. The zero-order chi connectivity index (χ0) is 12.2. The number of hydrogen-bond donors (Lipinski definition) is 2. The van der Waals surface area contributed by atoms with Crippen molar-refractivity contribution in [2.75, 3.05) is 18.1 Å². The third kappa shape index (κ3) is 3.95. The number of hydrogen-bond acceptors (Lipinski definition) is 4. The van der Waals surface area contributed by atoms with Crippen LogP contribution in [-0.4, -0.2) is 42.8 Å². The van der Waals surface area contributed by atoms with E-state index in [2.05, 4.69) is 4.72 Å². The van der Waals surface area contributed by atoms with Gasteiger partial charge in [-0.3, -0.25) is 4.79 Å². The van der Waals surface area contributed by atoms with Crippen molar-refractivity contribution in [1.29, 1.82) is 0 Å². The lowest BCUT2D eigenvalue weighted by Gasteiger charge is -2.22. The molecule has 16 heavy (non-hydrogen) atoms. The molecule has 7 heteroatoms. The van der Waals surface area contributed by atoms with Gasteiger partial charge >= 0.3 is 5.97 Å². The molecule has 0 radical (unpaired) electrons. The van der Waals surface area contributed by atoms with Gasteiger partial charge in [0.25, 0.3) is 0 Å². The highest BCUT2D eigenvalue weighted by atomic mass is 32.2. The fourth-order valence-electron chi connectivity index (χ4n) is 1.44. The van der Waals surface area contributed by atoms with Crippen LogP contribution in [-0.2, 0) is 14.8 Å². The number of carboxylic acids is 1. The van der Waals surface area contributed by atoms with Gasteiger partial charge in [0.1, 0.15) is 0 Å². The minimum absolute atomic E-state index is 0.344. The van der Waals surface area contributed by atoms with Gasteiger partial charge in [0.05, 0.1) is 0 Å². The Hall–Kier alpha value is -0.270. The van der Waals surface area contributed by atoms with Crippen molar-refractivity contribution >= 4 is 27.8 Å². The van der Waals surface area contributed by atoms with Crippen molar-refractivity contribution in [3.05, 3.63) is 0 Å². The Bertz CT molecular complexity index is 335. The van der Waals surface area contributed by atoms with Gasteiger partial charge in [-0.2, -0.15) is 11.8 Å². The van der Waals surface area contributed by atoms with Crippen LogP contribution in [0.5, 0.6) is 0 Å². The van der Waals surface area contributed by atoms with E-state index in [0.29, 0.717) is 12.5 Å². The normalized spacial score (nSPS) is 20.6. The SMILES string of the molecule is CC(C(=O)O)S(=O)(=O)NCC1CCSCC1. The van der Waals surface area contributed by atoms with Crippen LogP contribution in [0.25, 0.3) is 0 Å². The molecule has 94 valence electrons. The number of thioether (sulfide) groups is 1. The van der Waals surface area contributed by atoms with E-state index < -0.39 is 21.2 Å². The van der Waals surface area contributed by atoms with Crippen LogP contribution in [0.1, 0.15) is 19.8 Å². The van der Waals surface area contributed by atoms with E-state index in [1.807, 2.05) is 11.8 Å². The molecule has 1 aliphatic rings. The van der Waals surface area contributed by atoms with Crippen LogP contribution in [0.4, 0.5) is 0 Å². The Morgan fingerprint density at radius 2 is 2.06 bits per heavy atom. The lowest BCUT2D eigenvalue weighted by atomic mass is 10.0. The Balaban J connectivity index is 2.44. The summed E-state index contributed by atoms with van der Waals surface area (Å²) < 4.78 is 25.4. The number of sulfonamides is 1. The molecule has 0 saturated carbocycles.